The van der Waals surface area contributed by atoms with Crippen LogP contribution in [0.3, 0.4) is 0 Å². The molecule has 0 saturated carbocycles. The van der Waals surface area contributed by atoms with Crippen LogP contribution in [0.15, 0.2) is 35.7 Å². The predicted octanol–water partition coefficient (Wildman–Crippen LogP) is 4.05. The molecule has 2 rings (SSSR count). The minimum Gasteiger partial charge on any atom is -0.377 e. The van der Waals surface area contributed by atoms with Gasteiger partial charge in [-0.2, -0.15) is 10.5 Å². The highest BCUT2D eigenvalue weighted by Gasteiger charge is 2.11. The van der Waals surface area contributed by atoms with Gasteiger partial charge in [-0.3, -0.25) is 0 Å². The molecule has 0 aliphatic heterocycles. The Hall–Kier alpha value is -2.30. The first-order valence-electron chi connectivity index (χ1n) is 6.02. The Morgan fingerprint density at radius 1 is 1.21 bits per heavy atom. The first kappa shape index (κ1) is 13.1. The Labute approximate surface area is 116 Å². The van der Waals surface area contributed by atoms with E-state index >= 15 is 0 Å². The van der Waals surface area contributed by atoms with Crippen molar-refractivity contribution in [2.75, 3.05) is 5.32 Å². The molecule has 1 atom stereocenters. The van der Waals surface area contributed by atoms with E-state index in [4.69, 9.17) is 10.5 Å². The van der Waals surface area contributed by atoms with E-state index in [1.165, 1.54) is 4.88 Å². The molecule has 1 aromatic carbocycles. The molecule has 1 aromatic heterocycles. The molecule has 0 saturated heterocycles. The van der Waals surface area contributed by atoms with E-state index in [-0.39, 0.29) is 6.04 Å². The summed E-state index contributed by atoms with van der Waals surface area (Å²) < 4.78 is 0. The average molecular weight is 267 g/mol. The number of anilines is 1. The molecule has 0 amide bonds. The molecule has 2 aromatic rings. The summed E-state index contributed by atoms with van der Waals surface area (Å²) in [5, 5.41) is 23.4. The number of nitrogens with one attached hydrogen (secondary N) is 1. The zero-order chi connectivity index (χ0) is 13.7. The standard InChI is InChI=1S/C15H13N3S/c1-2-14(15-4-3-7-19-15)18-13-6-5-11(9-16)12(8-13)10-17/h3-8,14,18H,2H2,1H3. The maximum absolute atomic E-state index is 9.02. The van der Waals surface area contributed by atoms with E-state index in [1.54, 1.807) is 23.5 Å². The molecule has 1 heterocycles. The van der Waals surface area contributed by atoms with Crippen LogP contribution in [0.5, 0.6) is 0 Å². The SMILES string of the molecule is CCC(Nc1ccc(C#N)c(C#N)c1)c1cccs1. The number of hydrogen-bond acceptors (Lipinski definition) is 4. The summed E-state index contributed by atoms with van der Waals surface area (Å²) in [4.78, 5) is 1.27. The number of nitrogens with zero attached hydrogens (tertiary/aromatic N) is 2. The van der Waals surface area contributed by atoms with Gasteiger partial charge in [0.2, 0.25) is 0 Å². The molecule has 0 aliphatic carbocycles. The Kier molecular flexibility index (Phi) is 4.18. The zero-order valence-corrected chi connectivity index (χ0v) is 11.4. The fourth-order valence-electron chi connectivity index (χ4n) is 1.89. The minimum absolute atomic E-state index is 0.236. The van der Waals surface area contributed by atoms with Crippen LogP contribution < -0.4 is 5.32 Å². The third-order valence-electron chi connectivity index (χ3n) is 2.90. The lowest BCUT2D eigenvalue weighted by molar-refractivity contribution is 0.764. The maximum atomic E-state index is 9.02. The lowest BCUT2D eigenvalue weighted by Crippen LogP contribution is -2.08. The third kappa shape index (κ3) is 2.93. The highest BCUT2D eigenvalue weighted by molar-refractivity contribution is 7.10. The van der Waals surface area contributed by atoms with E-state index in [9.17, 15) is 0 Å². The second kappa shape index (κ2) is 6.04. The third-order valence-corrected chi connectivity index (χ3v) is 3.88. The van der Waals surface area contributed by atoms with Gasteiger partial charge in [-0.25, -0.2) is 0 Å². The van der Waals surface area contributed by atoms with Gasteiger partial charge in [0.05, 0.1) is 17.2 Å². The lowest BCUT2D eigenvalue weighted by atomic mass is 10.1. The molecule has 4 heteroatoms. The zero-order valence-electron chi connectivity index (χ0n) is 10.6. The summed E-state index contributed by atoms with van der Waals surface area (Å²) in [5.74, 6) is 0. The van der Waals surface area contributed by atoms with Crippen molar-refractivity contribution in [2.24, 2.45) is 0 Å². The van der Waals surface area contributed by atoms with E-state index in [2.05, 4.69) is 29.8 Å². The molecular weight excluding hydrogens is 254 g/mol. The van der Waals surface area contributed by atoms with Gasteiger partial charge in [0.15, 0.2) is 0 Å². The molecule has 3 nitrogen and oxygen atoms in total. The second-order valence-corrected chi connectivity index (χ2v) is 5.08. The number of rotatable bonds is 4. The molecule has 0 aliphatic rings. The van der Waals surface area contributed by atoms with E-state index in [0.29, 0.717) is 11.1 Å². The normalized spacial score (nSPS) is 11.3. The number of thiophene rings is 1. The smallest absolute Gasteiger partial charge is 0.101 e. The predicted molar refractivity (Wildman–Crippen MR) is 76.8 cm³/mol. The molecule has 0 spiro atoms. The summed E-state index contributed by atoms with van der Waals surface area (Å²) in [6.07, 6.45) is 0.961. The monoisotopic (exact) mass is 267 g/mol. The van der Waals surface area contributed by atoms with Crippen LogP contribution >= 0.6 is 11.3 Å². The quantitative estimate of drug-likeness (QED) is 0.908. The molecule has 1 unspecified atom stereocenters. The van der Waals surface area contributed by atoms with Gasteiger partial charge >= 0.3 is 0 Å². The van der Waals surface area contributed by atoms with Crippen molar-refractivity contribution in [3.63, 3.8) is 0 Å². The fourth-order valence-corrected chi connectivity index (χ4v) is 2.75. The van der Waals surface area contributed by atoms with E-state index in [1.807, 2.05) is 18.2 Å². The van der Waals surface area contributed by atoms with Crippen LogP contribution in [0.1, 0.15) is 35.4 Å². The first-order valence-corrected chi connectivity index (χ1v) is 6.90. The number of nitriles is 2. The van der Waals surface area contributed by atoms with Gasteiger partial charge < -0.3 is 5.32 Å². The second-order valence-electron chi connectivity index (χ2n) is 4.10. The van der Waals surface area contributed by atoms with E-state index in [0.717, 1.165) is 12.1 Å². The highest BCUT2D eigenvalue weighted by Crippen LogP contribution is 2.27. The molecule has 1 N–H and O–H groups in total. The van der Waals surface area contributed by atoms with Crippen LogP contribution in [0, 0.1) is 22.7 Å². The summed E-state index contributed by atoms with van der Waals surface area (Å²) in [5.41, 5.74) is 1.70. The first-order chi connectivity index (χ1) is 9.28. The Morgan fingerprint density at radius 2 is 2.00 bits per heavy atom. The minimum atomic E-state index is 0.236. The van der Waals surface area contributed by atoms with Crippen LogP contribution in [0.2, 0.25) is 0 Å². The topological polar surface area (TPSA) is 59.6 Å². The van der Waals surface area contributed by atoms with Crippen molar-refractivity contribution < 1.29 is 0 Å². The summed E-state index contributed by atoms with van der Waals surface area (Å²) in [7, 11) is 0. The van der Waals surface area contributed by atoms with Gasteiger partial charge in [0, 0.05) is 10.6 Å². The van der Waals surface area contributed by atoms with Gasteiger partial charge in [0.25, 0.3) is 0 Å². The van der Waals surface area contributed by atoms with Crippen molar-refractivity contribution in [2.45, 2.75) is 19.4 Å². The molecule has 0 bridgehead atoms. The average Bonchev–Trinajstić information content (AvgIpc) is 2.98. The highest BCUT2D eigenvalue weighted by atomic mass is 32.1. The summed E-state index contributed by atoms with van der Waals surface area (Å²) >= 11 is 1.71. The van der Waals surface area contributed by atoms with Crippen LogP contribution in [-0.4, -0.2) is 0 Å². The summed E-state index contributed by atoms with van der Waals surface area (Å²) in [6, 6.07) is 13.7. The van der Waals surface area contributed by atoms with Crippen molar-refractivity contribution in [1.29, 1.82) is 10.5 Å². The van der Waals surface area contributed by atoms with Crippen LogP contribution in [-0.2, 0) is 0 Å². The van der Waals surface area contributed by atoms with Crippen LogP contribution in [0.25, 0.3) is 0 Å². The number of benzene rings is 1. The van der Waals surface area contributed by atoms with Gasteiger partial charge in [0.1, 0.15) is 12.1 Å². The lowest BCUT2D eigenvalue weighted by Gasteiger charge is -2.17. The number of hydrogen-bond donors (Lipinski definition) is 1. The fraction of sp³-hybridized carbons (Fsp3) is 0.200. The van der Waals surface area contributed by atoms with Crippen molar-refractivity contribution >= 4 is 17.0 Å². The van der Waals surface area contributed by atoms with Crippen molar-refractivity contribution in [3.05, 3.63) is 51.7 Å². The Morgan fingerprint density at radius 3 is 2.58 bits per heavy atom. The molecular formula is C15H13N3S. The largest absolute Gasteiger partial charge is 0.377 e. The van der Waals surface area contributed by atoms with Crippen LogP contribution in [0.4, 0.5) is 5.69 Å². The van der Waals surface area contributed by atoms with Crippen molar-refractivity contribution in [3.8, 4) is 12.1 Å². The van der Waals surface area contributed by atoms with Gasteiger partial charge in [-0.15, -0.1) is 11.3 Å². The molecule has 19 heavy (non-hydrogen) atoms. The Bertz CT molecular complexity index is 632. The van der Waals surface area contributed by atoms with Gasteiger partial charge in [-0.1, -0.05) is 13.0 Å². The van der Waals surface area contributed by atoms with E-state index < -0.39 is 0 Å². The molecule has 0 radical (unpaired) electrons. The molecule has 0 fully saturated rings. The summed E-state index contributed by atoms with van der Waals surface area (Å²) in [6.45, 7) is 2.12. The molecule has 94 valence electrons. The van der Waals surface area contributed by atoms with Crippen molar-refractivity contribution in [1.82, 2.24) is 0 Å². The van der Waals surface area contributed by atoms with Gasteiger partial charge in [-0.05, 0) is 36.1 Å². The maximum Gasteiger partial charge on any atom is 0.101 e. The Balaban J connectivity index is 2.24.